The van der Waals surface area contributed by atoms with Crippen LogP contribution in [-0.4, -0.2) is 7.11 Å². The van der Waals surface area contributed by atoms with Crippen molar-refractivity contribution >= 4 is 0 Å². The Balaban J connectivity index is 3.48. The first kappa shape index (κ1) is 9.67. The van der Waals surface area contributed by atoms with Gasteiger partial charge in [0.1, 0.15) is 5.75 Å². The SMILES string of the molecule is C#Cc1c(C)cc(OC)c(C)c1C. The van der Waals surface area contributed by atoms with Crippen molar-refractivity contribution < 1.29 is 4.74 Å². The van der Waals surface area contributed by atoms with Crippen LogP contribution in [0.1, 0.15) is 22.3 Å². The number of aryl methyl sites for hydroxylation is 1. The third kappa shape index (κ3) is 1.53. The van der Waals surface area contributed by atoms with E-state index < -0.39 is 0 Å². The second-order valence-electron chi connectivity index (χ2n) is 3.17. The molecule has 0 N–H and O–H groups in total. The Hall–Kier alpha value is -1.42. The Bertz CT molecular complexity index is 369. The third-order valence-corrected chi connectivity index (χ3v) is 2.41. The van der Waals surface area contributed by atoms with Crippen LogP contribution in [0, 0.1) is 33.1 Å². The Morgan fingerprint density at radius 1 is 1.23 bits per heavy atom. The third-order valence-electron chi connectivity index (χ3n) is 2.41. The van der Waals surface area contributed by atoms with Gasteiger partial charge >= 0.3 is 0 Å². The molecule has 0 spiro atoms. The summed E-state index contributed by atoms with van der Waals surface area (Å²) >= 11 is 0. The smallest absolute Gasteiger partial charge is 0.122 e. The molecule has 0 saturated heterocycles. The van der Waals surface area contributed by atoms with Crippen LogP contribution in [0.15, 0.2) is 6.07 Å². The van der Waals surface area contributed by atoms with Crippen LogP contribution < -0.4 is 4.74 Å². The van der Waals surface area contributed by atoms with E-state index in [2.05, 4.69) is 5.92 Å². The summed E-state index contributed by atoms with van der Waals surface area (Å²) in [4.78, 5) is 0. The van der Waals surface area contributed by atoms with Crippen LogP contribution in [0.3, 0.4) is 0 Å². The molecule has 0 aliphatic carbocycles. The second-order valence-corrected chi connectivity index (χ2v) is 3.17. The zero-order valence-electron chi connectivity index (χ0n) is 8.56. The van der Waals surface area contributed by atoms with Gasteiger partial charge in [0.25, 0.3) is 0 Å². The van der Waals surface area contributed by atoms with Gasteiger partial charge in [0.2, 0.25) is 0 Å². The lowest BCUT2D eigenvalue weighted by Crippen LogP contribution is -1.96. The largest absolute Gasteiger partial charge is 0.496 e. The fourth-order valence-corrected chi connectivity index (χ4v) is 1.48. The van der Waals surface area contributed by atoms with Gasteiger partial charge < -0.3 is 4.74 Å². The Morgan fingerprint density at radius 2 is 1.85 bits per heavy atom. The lowest BCUT2D eigenvalue weighted by atomic mass is 9.98. The monoisotopic (exact) mass is 174 g/mol. The molecule has 1 nitrogen and oxygen atoms in total. The van der Waals surface area contributed by atoms with Gasteiger partial charge in [0.05, 0.1) is 7.11 Å². The van der Waals surface area contributed by atoms with Crippen LogP contribution in [0.2, 0.25) is 0 Å². The first-order valence-corrected chi connectivity index (χ1v) is 4.23. The number of hydrogen-bond acceptors (Lipinski definition) is 1. The highest BCUT2D eigenvalue weighted by Crippen LogP contribution is 2.26. The average Bonchev–Trinajstić information content (AvgIpc) is 2.12. The standard InChI is InChI=1S/C12H14O/c1-6-11-8(2)7-12(13-5)10(4)9(11)3/h1,7H,2-5H3. The molecule has 0 fully saturated rings. The van der Waals surface area contributed by atoms with Crippen LogP contribution in [-0.2, 0) is 0 Å². The topological polar surface area (TPSA) is 9.23 Å². The second kappa shape index (κ2) is 3.53. The molecule has 0 aromatic heterocycles. The van der Waals surface area contributed by atoms with Gasteiger partial charge in [-0.1, -0.05) is 5.92 Å². The van der Waals surface area contributed by atoms with E-state index in [-0.39, 0.29) is 0 Å². The zero-order valence-corrected chi connectivity index (χ0v) is 8.56. The minimum absolute atomic E-state index is 0.911. The zero-order chi connectivity index (χ0) is 10.0. The lowest BCUT2D eigenvalue weighted by molar-refractivity contribution is 0.411. The van der Waals surface area contributed by atoms with E-state index in [4.69, 9.17) is 11.2 Å². The summed E-state index contributed by atoms with van der Waals surface area (Å²) in [5, 5.41) is 0. The average molecular weight is 174 g/mol. The van der Waals surface area contributed by atoms with Crippen LogP contribution in [0.4, 0.5) is 0 Å². The molecule has 0 aliphatic rings. The number of ether oxygens (including phenoxy) is 1. The minimum Gasteiger partial charge on any atom is -0.496 e. The summed E-state index contributed by atoms with van der Waals surface area (Å²) < 4.78 is 5.24. The molecule has 68 valence electrons. The minimum atomic E-state index is 0.911. The molecule has 0 atom stereocenters. The molecular formula is C12H14O. The normalized spacial score (nSPS) is 9.46. The fourth-order valence-electron chi connectivity index (χ4n) is 1.48. The van der Waals surface area contributed by atoms with Crippen molar-refractivity contribution in [3.63, 3.8) is 0 Å². The van der Waals surface area contributed by atoms with E-state index in [0.717, 1.165) is 28.0 Å². The number of terminal acetylenes is 1. The van der Waals surface area contributed by atoms with Gasteiger partial charge in [0.15, 0.2) is 0 Å². The van der Waals surface area contributed by atoms with E-state index in [1.165, 1.54) is 0 Å². The van der Waals surface area contributed by atoms with Gasteiger partial charge in [-0.05, 0) is 43.5 Å². The molecule has 0 aliphatic heterocycles. The predicted octanol–water partition coefficient (Wildman–Crippen LogP) is 2.60. The predicted molar refractivity (Wildman–Crippen MR) is 55.1 cm³/mol. The van der Waals surface area contributed by atoms with E-state index in [0.29, 0.717) is 0 Å². The van der Waals surface area contributed by atoms with Crippen LogP contribution in [0.5, 0.6) is 5.75 Å². The van der Waals surface area contributed by atoms with Gasteiger partial charge in [-0.2, -0.15) is 0 Å². The van der Waals surface area contributed by atoms with Gasteiger partial charge in [-0.25, -0.2) is 0 Å². The molecule has 0 radical (unpaired) electrons. The van der Waals surface area contributed by atoms with Gasteiger partial charge in [-0.15, -0.1) is 6.42 Å². The highest BCUT2D eigenvalue weighted by atomic mass is 16.5. The summed E-state index contributed by atoms with van der Waals surface area (Å²) in [6.07, 6.45) is 5.42. The van der Waals surface area contributed by atoms with Gasteiger partial charge in [-0.3, -0.25) is 0 Å². The summed E-state index contributed by atoms with van der Waals surface area (Å²) in [7, 11) is 1.68. The molecule has 0 saturated carbocycles. The summed E-state index contributed by atoms with van der Waals surface area (Å²) in [6.45, 7) is 6.05. The number of hydrogen-bond donors (Lipinski definition) is 0. The van der Waals surface area contributed by atoms with Crippen molar-refractivity contribution in [2.24, 2.45) is 0 Å². The summed E-state index contributed by atoms with van der Waals surface area (Å²) in [6, 6.07) is 1.98. The van der Waals surface area contributed by atoms with Crippen LogP contribution >= 0.6 is 0 Å². The summed E-state index contributed by atoms with van der Waals surface area (Å²) in [5.41, 5.74) is 4.35. The number of methoxy groups -OCH3 is 1. The van der Waals surface area contributed by atoms with E-state index in [9.17, 15) is 0 Å². The van der Waals surface area contributed by atoms with E-state index in [1.807, 2.05) is 26.8 Å². The highest BCUT2D eigenvalue weighted by molar-refractivity contribution is 5.54. The van der Waals surface area contributed by atoms with Crippen LogP contribution in [0.25, 0.3) is 0 Å². The first-order valence-electron chi connectivity index (χ1n) is 4.23. The maximum Gasteiger partial charge on any atom is 0.122 e. The van der Waals surface area contributed by atoms with Crippen molar-refractivity contribution in [2.45, 2.75) is 20.8 Å². The van der Waals surface area contributed by atoms with Crippen molar-refractivity contribution in [3.05, 3.63) is 28.3 Å². The highest BCUT2D eigenvalue weighted by Gasteiger charge is 2.07. The molecule has 1 aromatic rings. The molecule has 0 heterocycles. The van der Waals surface area contributed by atoms with Crippen molar-refractivity contribution in [1.29, 1.82) is 0 Å². The Kier molecular flexibility index (Phi) is 2.63. The molecule has 0 bridgehead atoms. The Morgan fingerprint density at radius 3 is 2.31 bits per heavy atom. The maximum atomic E-state index is 5.42. The van der Waals surface area contributed by atoms with Crippen molar-refractivity contribution in [3.8, 4) is 18.1 Å². The molecule has 13 heavy (non-hydrogen) atoms. The van der Waals surface area contributed by atoms with E-state index in [1.54, 1.807) is 7.11 Å². The molecule has 0 amide bonds. The van der Waals surface area contributed by atoms with Crippen molar-refractivity contribution in [2.75, 3.05) is 7.11 Å². The molecular weight excluding hydrogens is 160 g/mol. The number of rotatable bonds is 1. The quantitative estimate of drug-likeness (QED) is 0.595. The fraction of sp³-hybridized carbons (Fsp3) is 0.333. The first-order chi connectivity index (χ1) is 6.11. The van der Waals surface area contributed by atoms with Crippen molar-refractivity contribution in [1.82, 2.24) is 0 Å². The number of benzene rings is 1. The molecule has 0 unspecified atom stereocenters. The van der Waals surface area contributed by atoms with Gasteiger partial charge in [0, 0.05) is 5.56 Å². The Labute approximate surface area is 79.7 Å². The van der Waals surface area contributed by atoms with E-state index >= 15 is 0 Å². The molecule has 1 heteroatoms. The molecule has 1 rings (SSSR count). The lowest BCUT2D eigenvalue weighted by Gasteiger charge is -2.11. The maximum absolute atomic E-state index is 5.42. The summed E-state index contributed by atoms with van der Waals surface area (Å²) in [5.74, 6) is 3.61. The molecule has 1 aromatic carbocycles.